The summed E-state index contributed by atoms with van der Waals surface area (Å²) >= 11 is 3.46. The zero-order valence-corrected chi connectivity index (χ0v) is 16.7. The molecule has 0 aliphatic carbocycles. The molecule has 2 aromatic carbocycles. The number of nitrogens with one attached hydrogen (secondary N) is 1. The summed E-state index contributed by atoms with van der Waals surface area (Å²) in [5.41, 5.74) is 2.01. The molecular weight excluding hydrogens is 424 g/mol. The lowest BCUT2D eigenvalue weighted by atomic mass is 10.2. The SMILES string of the molecule is O=C(Cn1cnc2ccccc2c1=O)Nc1cc(Br)ccc1N1CCOCC1. The average molecular weight is 443 g/mol. The first-order valence-electron chi connectivity index (χ1n) is 8.98. The summed E-state index contributed by atoms with van der Waals surface area (Å²) in [7, 11) is 0. The van der Waals surface area contributed by atoms with Crippen LogP contribution in [-0.2, 0) is 16.1 Å². The number of morpholine rings is 1. The van der Waals surface area contributed by atoms with Crippen LogP contribution in [0.15, 0.2) is 58.1 Å². The molecule has 1 aromatic heterocycles. The zero-order valence-electron chi connectivity index (χ0n) is 15.1. The molecule has 28 heavy (non-hydrogen) atoms. The first kappa shape index (κ1) is 18.6. The van der Waals surface area contributed by atoms with Gasteiger partial charge in [0, 0.05) is 17.6 Å². The van der Waals surface area contributed by atoms with Crippen molar-refractivity contribution in [3.05, 3.63) is 63.6 Å². The van der Waals surface area contributed by atoms with Gasteiger partial charge in [-0.25, -0.2) is 4.98 Å². The average Bonchev–Trinajstić information content (AvgIpc) is 2.71. The summed E-state index contributed by atoms with van der Waals surface area (Å²) in [6.45, 7) is 2.73. The zero-order chi connectivity index (χ0) is 19.5. The third kappa shape index (κ3) is 3.93. The summed E-state index contributed by atoms with van der Waals surface area (Å²) < 4.78 is 7.60. The largest absolute Gasteiger partial charge is 0.378 e. The molecule has 7 nitrogen and oxygen atoms in total. The Kier molecular flexibility index (Phi) is 5.40. The van der Waals surface area contributed by atoms with Gasteiger partial charge >= 0.3 is 0 Å². The normalized spacial score (nSPS) is 14.2. The van der Waals surface area contributed by atoms with Gasteiger partial charge in [-0.2, -0.15) is 0 Å². The molecule has 1 aliphatic rings. The van der Waals surface area contributed by atoms with Crippen molar-refractivity contribution in [3.63, 3.8) is 0 Å². The van der Waals surface area contributed by atoms with E-state index in [-0.39, 0.29) is 18.0 Å². The van der Waals surface area contributed by atoms with E-state index in [1.165, 1.54) is 10.9 Å². The minimum absolute atomic E-state index is 0.105. The molecule has 0 radical (unpaired) electrons. The lowest BCUT2D eigenvalue weighted by Gasteiger charge is -2.30. The molecule has 1 saturated heterocycles. The standard InChI is InChI=1S/C20H19BrN4O3/c21-14-5-6-18(24-7-9-28-10-8-24)17(11-14)23-19(26)12-25-13-22-16-4-2-1-3-15(16)20(25)27/h1-6,11,13H,7-10,12H2,(H,23,26). The van der Waals surface area contributed by atoms with Crippen molar-refractivity contribution in [2.24, 2.45) is 0 Å². The van der Waals surface area contributed by atoms with Crippen molar-refractivity contribution in [2.75, 3.05) is 36.5 Å². The summed E-state index contributed by atoms with van der Waals surface area (Å²) in [6.07, 6.45) is 1.41. The Balaban J connectivity index is 1.56. The maximum atomic E-state index is 12.7. The third-order valence-electron chi connectivity index (χ3n) is 4.63. The minimum atomic E-state index is -0.285. The highest BCUT2D eigenvalue weighted by Crippen LogP contribution is 2.30. The summed E-state index contributed by atoms with van der Waals surface area (Å²) in [5.74, 6) is -0.285. The lowest BCUT2D eigenvalue weighted by molar-refractivity contribution is -0.116. The molecule has 3 aromatic rings. The summed E-state index contributed by atoms with van der Waals surface area (Å²) in [6, 6.07) is 12.9. The van der Waals surface area contributed by atoms with Crippen LogP contribution >= 0.6 is 15.9 Å². The number of benzene rings is 2. The van der Waals surface area contributed by atoms with E-state index >= 15 is 0 Å². The molecule has 0 atom stereocenters. The quantitative estimate of drug-likeness (QED) is 0.671. The monoisotopic (exact) mass is 442 g/mol. The molecule has 144 valence electrons. The van der Waals surface area contributed by atoms with Crippen molar-refractivity contribution >= 4 is 44.1 Å². The number of carbonyl (C=O) groups excluding carboxylic acids is 1. The van der Waals surface area contributed by atoms with E-state index in [0.29, 0.717) is 29.8 Å². The van der Waals surface area contributed by atoms with Gasteiger partial charge < -0.3 is 15.0 Å². The molecule has 0 unspecified atom stereocenters. The van der Waals surface area contributed by atoms with Crippen LogP contribution in [0.4, 0.5) is 11.4 Å². The fourth-order valence-electron chi connectivity index (χ4n) is 3.25. The number of nitrogens with zero attached hydrogens (tertiary/aromatic N) is 3. The molecule has 0 bridgehead atoms. The molecule has 8 heteroatoms. The maximum absolute atomic E-state index is 12.7. The molecule has 1 N–H and O–H groups in total. The highest BCUT2D eigenvalue weighted by molar-refractivity contribution is 9.10. The number of hydrogen-bond donors (Lipinski definition) is 1. The Bertz CT molecular complexity index is 1080. The number of hydrogen-bond acceptors (Lipinski definition) is 5. The van der Waals surface area contributed by atoms with Crippen LogP contribution in [0.5, 0.6) is 0 Å². The number of carbonyl (C=O) groups is 1. The van der Waals surface area contributed by atoms with E-state index in [9.17, 15) is 9.59 Å². The van der Waals surface area contributed by atoms with E-state index in [0.717, 1.165) is 23.2 Å². The fraction of sp³-hybridized carbons (Fsp3) is 0.250. The van der Waals surface area contributed by atoms with Gasteiger partial charge in [0.2, 0.25) is 5.91 Å². The maximum Gasteiger partial charge on any atom is 0.261 e. The highest BCUT2D eigenvalue weighted by atomic mass is 79.9. The topological polar surface area (TPSA) is 76.5 Å². The Morgan fingerprint density at radius 2 is 1.96 bits per heavy atom. The smallest absolute Gasteiger partial charge is 0.261 e. The number of ether oxygens (including phenoxy) is 1. The third-order valence-corrected chi connectivity index (χ3v) is 5.12. The highest BCUT2D eigenvalue weighted by Gasteiger charge is 2.17. The van der Waals surface area contributed by atoms with Crippen LogP contribution in [0.3, 0.4) is 0 Å². The van der Waals surface area contributed by atoms with Crippen molar-refractivity contribution in [1.82, 2.24) is 9.55 Å². The molecular formula is C20H19BrN4O3. The van der Waals surface area contributed by atoms with E-state index < -0.39 is 0 Å². The van der Waals surface area contributed by atoms with E-state index in [1.807, 2.05) is 24.3 Å². The van der Waals surface area contributed by atoms with Crippen LogP contribution < -0.4 is 15.8 Å². The van der Waals surface area contributed by atoms with Gasteiger partial charge in [-0.1, -0.05) is 28.1 Å². The number of anilines is 2. The Hall–Kier alpha value is -2.71. The van der Waals surface area contributed by atoms with Gasteiger partial charge in [0.05, 0.1) is 41.8 Å². The number of aromatic nitrogens is 2. The van der Waals surface area contributed by atoms with E-state index in [1.54, 1.807) is 18.2 Å². The van der Waals surface area contributed by atoms with Gasteiger partial charge in [0.15, 0.2) is 0 Å². The van der Waals surface area contributed by atoms with Gasteiger partial charge in [-0.3, -0.25) is 14.2 Å². The van der Waals surface area contributed by atoms with E-state index in [4.69, 9.17) is 4.74 Å². The number of halogens is 1. The number of para-hydroxylation sites is 1. The predicted molar refractivity (Wildman–Crippen MR) is 112 cm³/mol. The Labute approximate surface area is 170 Å². The molecule has 4 rings (SSSR count). The second kappa shape index (κ2) is 8.12. The molecule has 1 fully saturated rings. The minimum Gasteiger partial charge on any atom is -0.378 e. The number of amides is 1. The van der Waals surface area contributed by atoms with Crippen molar-refractivity contribution in [3.8, 4) is 0 Å². The van der Waals surface area contributed by atoms with Gasteiger partial charge in [0.25, 0.3) is 5.56 Å². The van der Waals surface area contributed by atoms with Crippen molar-refractivity contribution in [2.45, 2.75) is 6.54 Å². The van der Waals surface area contributed by atoms with E-state index in [2.05, 4.69) is 31.1 Å². The Morgan fingerprint density at radius 1 is 1.18 bits per heavy atom. The van der Waals surface area contributed by atoms with Crippen molar-refractivity contribution in [1.29, 1.82) is 0 Å². The second-order valence-electron chi connectivity index (χ2n) is 6.50. The van der Waals surface area contributed by atoms with Crippen LogP contribution in [-0.4, -0.2) is 41.8 Å². The molecule has 0 saturated carbocycles. The number of rotatable bonds is 4. The molecule has 2 heterocycles. The summed E-state index contributed by atoms with van der Waals surface area (Å²) in [5, 5.41) is 3.43. The first-order valence-corrected chi connectivity index (χ1v) is 9.77. The fourth-order valence-corrected chi connectivity index (χ4v) is 3.61. The van der Waals surface area contributed by atoms with Gasteiger partial charge in [-0.15, -0.1) is 0 Å². The van der Waals surface area contributed by atoms with Gasteiger partial charge in [0.1, 0.15) is 6.54 Å². The first-order chi connectivity index (χ1) is 13.6. The molecule has 1 aliphatic heterocycles. The molecule has 0 spiro atoms. The molecule has 1 amide bonds. The number of fused-ring (bicyclic) bond motifs is 1. The van der Waals surface area contributed by atoms with Crippen LogP contribution in [0.1, 0.15) is 0 Å². The predicted octanol–water partition coefficient (Wildman–Crippen LogP) is 2.63. The van der Waals surface area contributed by atoms with Crippen LogP contribution in [0.25, 0.3) is 10.9 Å². The van der Waals surface area contributed by atoms with Crippen molar-refractivity contribution < 1.29 is 9.53 Å². The van der Waals surface area contributed by atoms with Crippen LogP contribution in [0.2, 0.25) is 0 Å². The lowest BCUT2D eigenvalue weighted by Crippen LogP contribution is -2.37. The Morgan fingerprint density at radius 3 is 2.79 bits per heavy atom. The van der Waals surface area contributed by atoms with Crippen LogP contribution in [0, 0.1) is 0 Å². The second-order valence-corrected chi connectivity index (χ2v) is 7.42. The van der Waals surface area contributed by atoms with Gasteiger partial charge in [-0.05, 0) is 30.3 Å². The summed E-state index contributed by atoms with van der Waals surface area (Å²) in [4.78, 5) is 31.7.